The fraction of sp³-hybridized carbons (Fsp3) is 0.250. The number of benzene rings is 2. The maximum absolute atomic E-state index is 5.34. The SMILES string of the molecule is COc1ccc(C(C)Nc2ccccc2OC)cc1. The topological polar surface area (TPSA) is 30.5 Å². The molecule has 1 N–H and O–H groups in total. The van der Waals surface area contributed by atoms with Crippen LogP contribution in [0.5, 0.6) is 11.5 Å². The lowest BCUT2D eigenvalue weighted by Crippen LogP contribution is -2.07. The predicted octanol–water partition coefficient (Wildman–Crippen LogP) is 3.88. The van der Waals surface area contributed by atoms with Gasteiger partial charge in [-0.05, 0) is 36.8 Å². The van der Waals surface area contributed by atoms with Crippen LogP contribution in [0.4, 0.5) is 5.69 Å². The van der Waals surface area contributed by atoms with Gasteiger partial charge < -0.3 is 14.8 Å². The average molecular weight is 257 g/mol. The zero-order valence-corrected chi connectivity index (χ0v) is 11.5. The summed E-state index contributed by atoms with van der Waals surface area (Å²) in [5, 5.41) is 3.45. The van der Waals surface area contributed by atoms with E-state index in [0.29, 0.717) is 0 Å². The van der Waals surface area contributed by atoms with E-state index in [1.807, 2.05) is 36.4 Å². The van der Waals surface area contributed by atoms with Gasteiger partial charge in [-0.3, -0.25) is 0 Å². The van der Waals surface area contributed by atoms with Crippen molar-refractivity contribution in [1.82, 2.24) is 0 Å². The number of methoxy groups -OCH3 is 2. The molecule has 2 aromatic carbocycles. The first-order valence-electron chi connectivity index (χ1n) is 6.28. The highest BCUT2D eigenvalue weighted by Gasteiger charge is 2.08. The van der Waals surface area contributed by atoms with Crippen molar-refractivity contribution in [1.29, 1.82) is 0 Å². The van der Waals surface area contributed by atoms with Crippen molar-refractivity contribution in [3.63, 3.8) is 0 Å². The second-order valence-electron chi connectivity index (χ2n) is 4.34. The van der Waals surface area contributed by atoms with Gasteiger partial charge in [-0.25, -0.2) is 0 Å². The van der Waals surface area contributed by atoms with Gasteiger partial charge in [0.25, 0.3) is 0 Å². The summed E-state index contributed by atoms with van der Waals surface area (Å²) in [5.41, 5.74) is 2.19. The van der Waals surface area contributed by atoms with Crippen molar-refractivity contribution in [2.45, 2.75) is 13.0 Å². The first-order chi connectivity index (χ1) is 9.24. The molecule has 0 amide bonds. The Bertz CT molecular complexity index is 523. The summed E-state index contributed by atoms with van der Waals surface area (Å²) in [4.78, 5) is 0. The Labute approximate surface area is 114 Å². The third kappa shape index (κ3) is 3.19. The van der Waals surface area contributed by atoms with E-state index in [9.17, 15) is 0 Å². The van der Waals surface area contributed by atoms with Crippen LogP contribution in [0.2, 0.25) is 0 Å². The molecule has 0 aliphatic heterocycles. The van der Waals surface area contributed by atoms with Crippen LogP contribution >= 0.6 is 0 Å². The van der Waals surface area contributed by atoms with Gasteiger partial charge in [-0.2, -0.15) is 0 Å². The van der Waals surface area contributed by atoms with Gasteiger partial charge in [0.15, 0.2) is 0 Å². The number of rotatable bonds is 5. The number of hydrogen-bond donors (Lipinski definition) is 1. The van der Waals surface area contributed by atoms with Gasteiger partial charge >= 0.3 is 0 Å². The molecule has 0 bridgehead atoms. The Hall–Kier alpha value is -2.16. The van der Waals surface area contributed by atoms with Gasteiger partial charge in [-0.15, -0.1) is 0 Å². The molecule has 0 aliphatic carbocycles. The van der Waals surface area contributed by atoms with Crippen LogP contribution in [0.25, 0.3) is 0 Å². The fourth-order valence-corrected chi connectivity index (χ4v) is 1.97. The molecule has 2 rings (SSSR count). The largest absolute Gasteiger partial charge is 0.497 e. The Morgan fingerprint density at radius 1 is 0.895 bits per heavy atom. The molecule has 100 valence electrons. The third-order valence-corrected chi connectivity index (χ3v) is 3.09. The molecular formula is C16H19NO2. The van der Waals surface area contributed by atoms with Gasteiger partial charge in [-0.1, -0.05) is 24.3 Å². The monoisotopic (exact) mass is 257 g/mol. The first kappa shape index (κ1) is 13.3. The number of nitrogens with one attached hydrogen (secondary N) is 1. The molecule has 0 spiro atoms. The summed E-state index contributed by atoms with van der Waals surface area (Å²) in [5.74, 6) is 1.72. The zero-order valence-electron chi connectivity index (χ0n) is 11.5. The summed E-state index contributed by atoms with van der Waals surface area (Å²) >= 11 is 0. The number of anilines is 1. The second kappa shape index (κ2) is 6.14. The quantitative estimate of drug-likeness (QED) is 0.881. The highest BCUT2D eigenvalue weighted by Crippen LogP contribution is 2.28. The van der Waals surface area contributed by atoms with E-state index in [2.05, 4.69) is 24.4 Å². The molecule has 3 heteroatoms. The fourth-order valence-electron chi connectivity index (χ4n) is 1.97. The summed E-state index contributed by atoms with van der Waals surface area (Å²) in [7, 11) is 3.35. The standard InChI is InChI=1S/C16H19NO2/c1-12(13-8-10-14(18-2)11-9-13)17-15-6-4-5-7-16(15)19-3/h4-12,17H,1-3H3. The maximum Gasteiger partial charge on any atom is 0.141 e. The second-order valence-corrected chi connectivity index (χ2v) is 4.34. The molecule has 0 saturated heterocycles. The predicted molar refractivity (Wildman–Crippen MR) is 78.0 cm³/mol. The third-order valence-electron chi connectivity index (χ3n) is 3.09. The van der Waals surface area contributed by atoms with Crippen molar-refractivity contribution >= 4 is 5.69 Å². The number of para-hydroxylation sites is 2. The lowest BCUT2D eigenvalue weighted by molar-refractivity contribution is 0.414. The molecular weight excluding hydrogens is 238 g/mol. The van der Waals surface area contributed by atoms with E-state index in [4.69, 9.17) is 9.47 Å². The summed E-state index contributed by atoms with van der Waals surface area (Å²) < 4.78 is 10.5. The van der Waals surface area contributed by atoms with Crippen LogP contribution in [0.15, 0.2) is 48.5 Å². The number of ether oxygens (including phenoxy) is 2. The molecule has 0 aromatic heterocycles. The van der Waals surface area contributed by atoms with Crippen LogP contribution in [0.3, 0.4) is 0 Å². The summed E-state index contributed by atoms with van der Waals surface area (Å²) in [6, 6.07) is 16.2. The molecule has 1 unspecified atom stereocenters. The summed E-state index contributed by atoms with van der Waals surface area (Å²) in [6.07, 6.45) is 0. The molecule has 19 heavy (non-hydrogen) atoms. The zero-order chi connectivity index (χ0) is 13.7. The molecule has 2 aromatic rings. The van der Waals surface area contributed by atoms with E-state index in [0.717, 1.165) is 17.2 Å². The van der Waals surface area contributed by atoms with Gasteiger partial charge in [0.2, 0.25) is 0 Å². The van der Waals surface area contributed by atoms with Crippen molar-refractivity contribution in [3.05, 3.63) is 54.1 Å². The van der Waals surface area contributed by atoms with E-state index >= 15 is 0 Å². The Morgan fingerprint density at radius 3 is 2.21 bits per heavy atom. The summed E-state index contributed by atoms with van der Waals surface area (Å²) in [6.45, 7) is 2.12. The molecule has 1 atom stereocenters. The van der Waals surface area contributed by atoms with E-state index in [1.54, 1.807) is 14.2 Å². The van der Waals surface area contributed by atoms with Crippen molar-refractivity contribution in [3.8, 4) is 11.5 Å². The van der Waals surface area contributed by atoms with Crippen LogP contribution < -0.4 is 14.8 Å². The molecule has 0 aliphatic rings. The van der Waals surface area contributed by atoms with Crippen LogP contribution in [0, 0.1) is 0 Å². The molecule has 0 fully saturated rings. The van der Waals surface area contributed by atoms with Crippen LogP contribution in [-0.4, -0.2) is 14.2 Å². The minimum absolute atomic E-state index is 0.196. The number of hydrogen-bond acceptors (Lipinski definition) is 3. The molecule has 0 saturated carbocycles. The van der Waals surface area contributed by atoms with Crippen LogP contribution in [0.1, 0.15) is 18.5 Å². The van der Waals surface area contributed by atoms with Crippen molar-refractivity contribution < 1.29 is 9.47 Å². The Balaban J connectivity index is 2.13. The molecule has 3 nitrogen and oxygen atoms in total. The van der Waals surface area contributed by atoms with Gasteiger partial charge in [0.1, 0.15) is 11.5 Å². The smallest absolute Gasteiger partial charge is 0.141 e. The van der Waals surface area contributed by atoms with Crippen molar-refractivity contribution in [2.24, 2.45) is 0 Å². The minimum Gasteiger partial charge on any atom is -0.497 e. The highest BCUT2D eigenvalue weighted by atomic mass is 16.5. The maximum atomic E-state index is 5.34. The van der Waals surface area contributed by atoms with Gasteiger partial charge in [0.05, 0.1) is 19.9 Å². The lowest BCUT2D eigenvalue weighted by atomic mass is 10.1. The Morgan fingerprint density at radius 2 is 1.58 bits per heavy atom. The van der Waals surface area contributed by atoms with Gasteiger partial charge in [0, 0.05) is 6.04 Å². The lowest BCUT2D eigenvalue weighted by Gasteiger charge is -2.18. The van der Waals surface area contributed by atoms with Crippen molar-refractivity contribution in [2.75, 3.05) is 19.5 Å². The first-order valence-corrected chi connectivity index (χ1v) is 6.28. The van der Waals surface area contributed by atoms with E-state index in [-0.39, 0.29) is 6.04 Å². The molecule has 0 radical (unpaired) electrons. The van der Waals surface area contributed by atoms with E-state index < -0.39 is 0 Å². The van der Waals surface area contributed by atoms with E-state index in [1.165, 1.54) is 5.56 Å². The average Bonchev–Trinajstić information content (AvgIpc) is 2.48. The normalized spacial score (nSPS) is 11.7. The highest BCUT2D eigenvalue weighted by molar-refractivity contribution is 5.57. The van der Waals surface area contributed by atoms with Crippen LogP contribution in [-0.2, 0) is 0 Å². The molecule has 0 heterocycles. The minimum atomic E-state index is 0.196. The Kier molecular flexibility index (Phi) is 4.29.